The van der Waals surface area contributed by atoms with Crippen LogP contribution in [0.4, 0.5) is 0 Å². The average molecular weight is 341 g/mol. The van der Waals surface area contributed by atoms with Gasteiger partial charge < -0.3 is 14.9 Å². The van der Waals surface area contributed by atoms with Crippen molar-refractivity contribution in [2.45, 2.75) is 12.8 Å². The van der Waals surface area contributed by atoms with Crippen LogP contribution in [0.1, 0.15) is 23.2 Å². The third-order valence-electron chi connectivity index (χ3n) is 3.91. The molecule has 4 nitrogen and oxygen atoms in total. The molecule has 1 aliphatic rings. The summed E-state index contributed by atoms with van der Waals surface area (Å²) in [5.74, 6) is 0.638. The highest BCUT2D eigenvalue weighted by Crippen LogP contribution is 2.25. The zero-order valence-electron chi connectivity index (χ0n) is 12.0. The molecule has 1 aliphatic heterocycles. The van der Waals surface area contributed by atoms with Gasteiger partial charge in [0.15, 0.2) is 0 Å². The number of phenols is 1. The molecule has 1 saturated heterocycles. The van der Waals surface area contributed by atoms with Gasteiger partial charge in [0.2, 0.25) is 0 Å². The van der Waals surface area contributed by atoms with Gasteiger partial charge in [-0.25, -0.2) is 0 Å². The Morgan fingerprint density at radius 1 is 1.45 bits per heavy atom. The van der Waals surface area contributed by atoms with Crippen LogP contribution in [0.15, 0.2) is 22.7 Å². The van der Waals surface area contributed by atoms with Gasteiger partial charge in [-0.2, -0.15) is 0 Å². The Labute approximate surface area is 128 Å². The highest BCUT2D eigenvalue weighted by molar-refractivity contribution is 9.10. The summed E-state index contributed by atoms with van der Waals surface area (Å²) in [5, 5.41) is 9.66. The molecule has 0 radical (unpaired) electrons. The van der Waals surface area contributed by atoms with Crippen LogP contribution in [0.25, 0.3) is 0 Å². The number of amides is 1. The number of likely N-dealkylation sites (tertiary alicyclic amines) is 1. The van der Waals surface area contributed by atoms with Crippen LogP contribution in [0.3, 0.4) is 0 Å². The lowest BCUT2D eigenvalue weighted by Crippen LogP contribution is -2.37. The largest absolute Gasteiger partial charge is 0.507 e. The van der Waals surface area contributed by atoms with E-state index in [2.05, 4.69) is 27.9 Å². The second-order valence-corrected chi connectivity index (χ2v) is 6.45. The quantitative estimate of drug-likeness (QED) is 0.919. The number of carbonyl (C=O) groups is 1. The van der Waals surface area contributed by atoms with Crippen molar-refractivity contribution in [2.24, 2.45) is 5.92 Å². The monoisotopic (exact) mass is 340 g/mol. The zero-order chi connectivity index (χ0) is 14.7. The highest BCUT2D eigenvalue weighted by atomic mass is 79.9. The van der Waals surface area contributed by atoms with Gasteiger partial charge in [-0.05, 0) is 73.0 Å². The molecule has 2 rings (SSSR count). The van der Waals surface area contributed by atoms with Gasteiger partial charge in [-0.15, -0.1) is 0 Å². The number of benzene rings is 1. The maximum Gasteiger partial charge on any atom is 0.253 e. The third kappa shape index (κ3) is 3.73. The number of aromatic hydroxyl groups is 1. The smallest absolute Gasteiger partial charge is 0.253 e. The topological polar surface area (TPSA) is 43.8 Å². The highest BCUT2D eigenvalue weighted by Gasteiger charge is 2.21. The van der Waals surface area contributed by atoms with Crippen LogP contribution in [-0.2, 0) is 0 Å². The first-order valence-corrected chi connectivity index (χ1v) is 7.69. The Hall–Kier alpha value is -1.07. The normalized spacial score (nSPS) is 17.1. The molecule has 110 valence electrons. The third-order valence-corrected chi connectivity index (χ3v) is 4.58. The van der Waals surface area contributed by atoms with Crippen molar-refractivity contribution >= 4 is 21.8 Å². The lowest BCUT2D eigenvalue weighted by molar-refractivity contribution is 0.0747. The maximum absolute atomic E-state index is 12.3. The van der Waals surface area contributed by atoms with E-state index in [1.54, 1.807) is 17.0 Å². The van der Waals surface area contributed by atoms with Crippen LogP contribution in [-0.4, -0.2) is 54.5 Å². The summed E-state index contributed by atoms with van der Waals surface area (Å²) in [5.41, 5.74) is 0.529. The minimum atomic E-state index is -0.0354. The van der Waals surface area contributed by atoms with Crippen LogP contribution in [0.2, 0.25) is 0 Å². The first kappa shape index (κ1) is 15.3. The molecular formula is C15H21BrN2O2. The number of hydrogen-bond donors (Lipinski definition) is 1. The van der Waals surface area contributed by atoms with Gasteiger partial charge in [0.25, 0.3) is 5.91 Å². The van der Waals surface area contributed by atoms with E-state index in [1.807, 2.05) is 7.05 Å². The SMILES string of the molecule is CN1CCC(CN(C)C(=O)c2ccc(Br)c(O)c2)CC1. The van der Waals surface area contributed by atoms with E-state index in [1.165, 1.54) is 6.07 Å². The fraction of sp³-hybridized carbons (Fsp3) is 0.533. The standard InChI is InChI=1S/C15H21BrN2O2/c1-17-7-5-11(6-8-17)10-18(2)15(20)12-3-4-13(16)14(19)9-12/h3-4,9,11,19H,5-8,10H2,1-2H3. The number of carbonyl (C=O) groups excluding carboxylic acids is 1. The fourth-order valence-electron chi connectivity index (χ4n) is 2.58. The molecule has 5 heteroatoms. The van der Waals surface area contributed by atoms with E-state index < -0.39 is 0 Å². The summed E-state index contributed by atoms with van der Waals surface area (Å²) in [6.07, 6.45) is 2.28. The van der Waals surface area contributed by atoms with Crippen molar-refractivity contribution in [1.29, 1.82) is 0 Å². The summed E-state index contributed by atoms with van der Waals surface area (Å²) < 4.78 is 0.604. The van der Waals surface area contributed by atoms with Crippen molar-refractivity contribution in [3.63, 3.8) is 0 Å². The Balaban J connectivity index is 1.96. The molecule has 0 atom stereocenters. The number of piperidine rings is 1. The molecule has 1 fully saturated rings. The average Bonchev–Trinajstić information content (AvgIpc) is 2.43. The molecule has 20 heavy (non-hydrogen) atoms. The van der Waals surface area contributed by atoms with Gasteiger partial charge in [-0.1, -0.05) is 0 Å². The van der Waals surface area contributed by atoms with E-state index in [0.29, 0.717) is 16.0 Å². The molecule has 1 aromatic rings. The minimum Gasteiger partial charge on any atom is -0.507 e. The lowest BCUT2D eigenvalue weighted by atomic mass is 9.96. The molecular weight excluding hydrogens is 320 g/mol. The van der Waals surface area contributed by atoms with Crippen LogP contribution in [0, 0.1) is 5.92 Å². The number of halogens is 1. The van der Waals surface area contributed by atoms with Crippen LogP contribution >= 0.6 is 15.9 Å². The maximum atomic E-state index is 12.3. The van der Waals surface area contributed by atoms with Gasteiger partial charge in [0.05, 0.1) is 4.47 Å². The predicted molar refractivity (Wildman–Crippen MR) is 83.0 cm³/mol. The van der Waals surface area contributed by atoms with Crippen LogP contribution < -0.4 is 0 Å². The van der Waals surface area contributed by atoms with Crippen molar-refractivity contribution in [3.8, 4) is 5.75 Å². The molecule has 0 unspecified atom stereocenters. The second kappa shape index (κ2) is 6.59. The van der Waals surface area contributed by atoms with Gasteiger partial charge in [0, 0.05) is 19.2 Å². The Morgan fingerprint density at radius 2 is 2.10 bits per heavy atom. The van der Waals surface area contributed by atoms with Crippen molar-refractivity contribution in [3.05, 3.63) is 28.2 Å². The Bertz CT molecular complexity index is 485. The second-order valence-electron chi connectivity index (χ2n) is 5.60. The number of rotatable bonds is 3. The number of phenolic OH excluding ortho intramolecular Hbond substituents is 1. The summed E-state index contributed by atoms with van der Waals surface area (Å²) >= 11 is 3.22. The van der Waals surface area contributed by atoms with Gasteiger partial charge in [-0.3, -0.25) is 4.79 Å². The zero-order valence-corrected chi connectivity index (χ0v) is 13.6. The van der Waals surface area contributed by atoms with Crippen molar-refractivity contribution in [2.75, 3.05) is 33.7 Å². The van der Waals surface area contributed by atoms with Crippen molar-refractivity contribution in [1.82, 2.24) is 9.80 Å². The molecule has 1 heterocycles. The molecule has 1 amide bonds. The summed E-state index contributed by atoms with van der Waals surface area (Å²) in [7, 11) is 3.97. The molecule has 0 aliphatic carbocycles. The summed E-state index contributed by atoms with van der Waals surface area (Å²) in [6, 6.07) is 4.95. The van der Waals surface area contributed by atoms with E-state index in [9.17, 15) is 9.90 Å². The van der Waals surface area contributed by atoms with Crippen LogP contribution in [0.5, 0.6) is 5.75 Å². The first-order chi connectivity index (χ1) is 9.47. The minimum absolute atomic E-state index is 0.0354. The summed E-state index contributed by atoms with van der Waals surface area (Å²) in [6.45, 7) is 2.99. The number of nitrogens with zero attached hydrogens (tertiary/aromatic N) is 2. The Morgan fingerprint density at radius 3 is 2.70 bits per heavy atom. The van der Waals surface area contributed by atoms with E-state index >= 15 is 0 Å². The molecule has 0 bridgehead atoms. The first-order valence-electron chi connectivity index (χ1n) is 6.90. The van der Waals surface area contributed by atoms with E-state index in [0.717, 1.165) is 32.5 Å². The molecule has 0 aromatic heterocycles. The molecule has 0 saturated carbocycles. The molecule has 0 spiro atoms. The van der Waals surface area contributed by atoms with Gasteiger partial charge >= 0.3 is 0 Å². The number of hydrogen-bond acceptors (Lipinski definition) is 3. The lowest BCUT2D eigenvalue weighted by Gasteiger charge is -2.31. The molecule has 1 aromatic carbocycles. The predicted octanol–water partition coefficient (Wildman–Crippen LogP) is 2.57. The van der Waals surface area contributed by atoms with Gasteiger partial charge in [0.1, 0.15) is 5.75 Å². The van der Waals surface area contributed by atoms with E-state index in [4.69, 9.17) is 0 Å². The van der Waals surface area contributed by atoms with Crippen molar-refractivity contribution < 1.29 is 9.90 Å². The Kier molecular flexibility index (Phi) is 5.05. The van der Waals surface area contributed by atoms with E-state index in [-0.39, 0.29) is 11.7 Å². The molecule has 1 N–H and O–H groups in total. The fourth-order valence-corrected chi connectivity index (χ4v) is 2.83. The summed E-state index contributed by atoms with van der Waals surface area (Å²) in [4.78, 5) is 16.4.